The zero-order valence-electron chi connectivity index (χ0n) is 9.45. The maximum atomic E-state index is 6.18. The van der Waals surface area contributed by atoms with Gasteiger partial charge in [0.05, 0.1) is 10.7 Å². The third-order valence-electron chi connectivity index (χ3n) is 3.09. The Morgan fingerprint density at radius 3 is 2.50 bits per heavy atom. The van der Waals surface area contributed by atoms with Gasteiger partial charge in [0.2, 0.25) is 0 Å². The second-order valence-electron chi connectivity index (χ2n) is 4.04. The fourth-order valence-electron chi connectivity index (χ4n) is 2.13. The van der Waals surface area contributed by atoms with Crippen molar-refractivity contribution in [3.05, 3.63) is 29.3 Å². The highest BCUT2D eigenvalue weighted by molar-refractivity contribution is 6.33. The molecular formula is C12H18Cl2N2. The zero-order valence-corrected chi connectivity index (χ0v) is 11.0. The first-order valence-electron chi connectivity index (χ1n) is 5.47. The standard InChI is InChI=1S/C12H17ClN2.ClH/c1-15(10-6-8-14-9-7-10)12-5-3-2-4-11(12)13;/h2-5,10,14H,6-9H2,1H3;1H. The van der Waals surface area contributed by atoms with Gasteiger partial charge in [0, 0.05) is 13.1 Å². The van der Waals surface area contributed by atoms with Crippen LogP contribution in [-0.2, 0) is 0 Å². The largest absolute Gasteiger partial charge is 0.370 e. The minimum Gasteiger partial charge on any atom is -0.370 e. The summed E-state index contributed by atoms with van der Waals surface area (Å²) in [6, 6.07) is 8.67. The van der Waals surface area contributed by atoms with Gasteiger partial charge < -0.3 is 10.2 Å². The molecule has 0 unspecified atom stereocenters. The van der Waals surface area contributed by atoms with E-state index in [0.29, 0.717) is 6.04 Å². The summed E-state index contributed by atoms with van der Waals surface area (Å²) >= 11 is 6.18. The van der Waals surface area contributed by atoms with Crippen LogP contribution in [0.1, 0.15) is 12.8 Å². The minimum atomic E-state index is 0. The Morgan fingerprint density at radius 2 is 1.88 bits per heavy atom. The molecule has 0 aromatic heterocycles. The molecule has 90 valence electrons. The highest BCUT2D eigenvalue weighted by Gasteiger charge is 2.19. The van der Waals surface area contributed by atoms with Gasteiger partial charge in [-0.1, -0.05) is 23.7 Å². The molecule has 2 rings (SSSR count). The molecule has 16 heavy (non-hydrogen) atoms. The van der Waals surface area contributed by atoms with Gasteiger partial charge >= 0.3 is 0 Å². The van der Waals surface area contributed by atoms with Crippen LogP contribution in [0.15, 0.2) is 24.3 Å². The topological polar surface area (TPSA) is 15.3 Å². The normalized spacial score (nSPS) is 16.6. The first-order valence-corrected chi connectivity index (χ1v) is 5.85. The van der Waals surface area contributed by atoms with Crippen LogP contribution in [0.5, 0.6) is 0 Å². The minimum absolute atomic E-state index is 0. The SMILES string of the molecule is CN(c1ccccc1Cl)C1CCNCC1.Cl. The lowest BCUT2D eigenvalue weighted by molar-refractivity contribution is 0.443. The molecular weight excluding hydrogens is 243 g/mol. The molecule has 1 aliphatic rings. The molecule has 0 spiro atoms. The molecule has 2 nitrogen and oxygen atoms in total. The number of nitrogens with zero attached hydrogens (tertiary/aromatic N) is 1. The molecule has 0 radical (unpaired) electrons. The monoisotopic (exact) mass is 260 g/mol. The Bertz CT molecular complexity index is 325. The second-order valence-corrected chi connectivity index (χ2v) is 4.45. The van der Waals surface area contributed by atoms with Crippen LogP contribution in [0, 0.1) is 0 Å². The van der Waals surface area contributed by atoms with E-state index in [1.807, 2.05) is 18.2 Å². The van der Waals surface area contributed by atoms with Crippen LogP contribution in [0.25, 0.3) is 0 Å². The molecule has 1 heterocycles. The first kappa shape index (κ1) is 13.6. The lowest BCUT2D eigenvalue weighted by Crippen LogP contribution is -2.41. The number of rotatable bonds is 2. The van der Waals surface area contributed by atoms with E-state index in [4.69, 9.17) is 11.6 Å². The van der Waals surface area contributed by atoms with Crippen LogP contribution >= 0.6 is 24.0 Å². The van der Waals surface area contributed by atoms with E-state index < -0.39 is 0 Å². The predicted octanol–water partition coefficient (Wildman–Crippen LogP) is 2.95. The van der Waals surface area contributed by atoms with Crippen molar-refractivity contribution in [2.45, 2.75) is 18.9 Å². The number of hydrogen-bond donors (Lipinski definition) is 1. The Balaban J connectivity index is 0.00000128. The van der Waals surface area contributed by atoms with Crippen LogP contribution < -0.4 is 10.2 Å². The van der Waals surface area contributed by atoms with Crippen molar-refractivity contribution in [2.24, 2.45) is 0 Å². The van der Waals surface area contributed by atoms with Crippen molar-refractivity contribution in [1.82, 2.24) is 5.32 Å². The lowest BCUT2D eigenvalue weighted by atomic mass is 10.0. The Labute approximate surface area is 108 Å². The van der Waals surface area contributed by atoms with E-state index in [9.17, 15) is 0 Å². The molecule has 0 aliphatic carbocycles. The first-order chi connectivity index (χ1) is 7.29. The quantitative estimate of drug-likeness (QED) is 0.880. The smallest absolute Gasteiger partial charge is 0.0639 e. The average molecular weight is 261 g/mol. The fourth-order valence-corrected chi connectivity index (χ4v) is 2.40. The molecule has 1 N–H and O–H groups in total. The maximum absolute atomic E-state index is 6.18. The molecule has 1 aliphatic heterocycles. The Hall–Kier alpha value is -0.440. The number of piperidine rings is 1. The molecule has 0 bridgehead atoms. The summed E-state index contributed by atoms with van der Waals surface area (Å²) in [5, 5.41) is 4.22. The Morgan fingerprint density at radius 1 is 1.25 bits per heavy atom. The molecule has 4 heteroatoms. The number of nitrogens with one attached hydrogen (secondary N) is 1. The van der Waals surface area contributed by atoms with Gasteiger partial charge in [-0.25, -0.2) is 0 Å². The van der Waals surface area contributed by atoms with Crippen molar-refractivity contribution < 1.29 is 0 Å². The van der Waals surface area contributed by atoms with Gasteiger partial charge in [0.15, 0.2) is 0 Å². The number of benzene rings is 1. The van der Waals surface area contributed by atoms with E-state index in [1.165, 1.54) is 12.8 Å². The third kappa shape index (κ3) is 3.03. The van der Waals surface area contributed by atoms with Gasteiger partial charge in [-0.15, -0.1) is 12.4 Å². The maximum Gasteiger partial charge on any atom is 0.0639 e. The molecule has 1 aromatic carbocycles. The lowest BCUT2D eigenvalue weighted by Gasteiger charge is -2.33. The Kier molecular flexibility index (Phi) is 5.39. The fraction of sp³-hybridized carbons (Fsp3) is 0.500. The van der Waals surface area contributed by atoms with Crippen LogP contribution in [0.3, 0.4) is 0 Å². The van der Waals surface area contributed by atoms with E-state index in [1.54, 1.807) is 0 Å². The number of halogens is 2. The summed E-state index contributed by atoms with van der Waals surface area (Å²) in [4.78, 5) is 2.31. The van der Waals surface area contributed by atoms with Crippen molar-refractivity contribution in [3.8, 4) is 0 Å². The van der Waals surface area contributed by atoms with E-state index >= 15 is 0 Å². The van der Waals surface area contributed by atoms with Gasteiger partial charge in [0.1, 0.15) is 0 Å². The molecule has 1 aromatic rings. The summed E-state index contributed by atoms with van der Waals surface area (Å²) in [6.45, 7) is 2.22. The third-order valence-corrected chi connectivity index (χ3v) is 3.41. The zero-order chi connectivity index (χ0) is 10.7. The van der Waals surface area contributed by atoms with Crippen molar-refractivity contribution in [2.75, 3.05) is 25.0 Å². The van der Waals surface area contributed by atoms with Crippen molar-refractivity contribution >= 4 is 29.7 Å². The average Bonchev–Trinajstić information content (AvgIpc) is 2.30. The molecule has 1 saturated heterocycles. The molecule has 1 fully saturated rings. The molecule has 0 amide bonds. The van der Waals surface area contributed by atoms with Crippen LogP contribution in [-0.4, -0.2) is 26.2 Å². The number of anilines is 1. The summed E-state index contributed by atoms with van der Waals surface area (Å²) in [6.07, 6.45) is 2.39. The van der Waals surface area contributed by atoms with E-state index in [-0.39, 0.29) is 12.4 Å². The van der Waals surface area contributed by atoms with Crippen LogP contribution in [0.4, 0.5) is 5.69 Å². The molecule has 0 atom stereocenters. The van der Waals surface area contributed by atoms with Gasteiger partial charge in [-0.3, -0.25) is 0 Å². The summed E-state index contributed by atoms with van der Waals surface area (Å²) in [5.74, 6) is 0. The van der Waals surface area contributed by atoms with Gasteiger partial charge in [-0.2, -0.15) is 0 Å². The van der Waals surface area contributed by atoms with Gasteiger partial charge in [-0.05, 0) is 38.1 Å². The molecule has 0 saturated carbocycles. The van der Waals surface area contributed by atoms with Gasteiger partial charge in [0.25, 0.3) is 0 Å². The van der Waals surface area contributed by atoms with E-state index in [2.05, 4.69) is 23.3 Å². The highest BCUT2D eigenvalue weighted by Crippen LogP contribution is 2.27. The van der Waals surface area contributed by atoms with Crippen molar-refractivity contribution in [1.29, 1.82) is 0 Å². The van der Waals surface area contributed by atoms with Crippen molar-refractivity contribution in [3.63, 3.8) is 0 Å². The van der Waals surface area contributed by atoms with Crippen LogP contribution in [0.2, 0.25) is 5.02 Å². The number of hydrogen-bond acceptors (Lipinski definition) is 2. The summed E-state index contributed by atoms with van der Waals surface area (Å²) in [7, 11) is 2.14. The summed E-state index contributed by atoms with van der Waals surface area (Å²) in [5.41, 5.74) is 1.14. The predicted molar refractivity (Wildman–Crippen MR) is 73.0 cm³/mol. The second kappa shape index (κ2) is 6.33. The number of para-hydroxylation sites is 1. The van der Waals surface area contributed by atoms with E-state index in [0.717, 1.165) is 23.8 Å². The summed E-state index contributed by atoms with van der Waals surface area (Å²) < 4.78 is 0. The highest BCUT2D eigenvalue weighted by atomic mass is 35.5.